The molecule has 2 atom stereocenters. The monoisotopic (exact) mass is 279 g/mol. The van der Waals surface area contributed by atoms with Crippen LogP contribution in [-0.2, 0) is 6.42 Å². The minimum absolute atomic E-state index is 0.730. The molecule has 1 saturated carbocycles. The molecule has 0 heterocycles. The molecule has 0 spiro atoms. The van der Waals surface area contributed by atoms with Gasteiger partial charge in [0.05, 0.1) is 0 Å². The first-order valence-electron chi connectivity index (χ1n) is 7.63. The van der Waals surface area contributed by atoms with Gasteiger partial charge in [0, 0.05) is 11.1 Å². The van der Waals surface area contributed by atoms with E-state index in [9.17, 15) is 0 Å². The Hall–Kier alpha value is -0.530. The summed E-state index contributed by atoms with van der Waals surface area (Å²) in [5, 5.41) is 4.56. The zero-order chi connectivity index (χ0) is 13.7. The number of rotatable bonds is 5. The van der Waals surface area contributed by atoms with Gasteiger partial charge in [0.1, 0.15) is 0 Å². The topological polar surface area (TPSA) is 12.0 Å². The van der Waals surface area contributed by atoms with Crippen LogP contribution in [0.1, 0.15) is 45.1 Å². The highest BCUT2D eigenvalue weighted by atomic mass is 35.5. The van der Waals surface area contributed by atoms with Crippen LogP contribution in [0.2, 0.25) is 5.02 Å². The van der Waals surface area contributed by atoms with Gasteiger partial charge in [0.2, 0.25) is 0 Å². The van der Waals surface area contributed by atoms with E-state index in [-0.39, 0.29) is 0 Å². The summed E-state index contributed by atoms with van der Waals surface area (Å²) in [6.45, 7) is 5.80. The van der Waals surface area contributed by atoms with Crippen LogP contribution in [0.15, 0.2) is 24.3 Å². The van der Waals surface area contributed by atoms with Crippen molar-refractivity contribution in [2.75, 3.05) is 6.54 Å². The maximum absolute atomic E-state index is 5.90. The highest BCUT2D eigenvalue weighted by molar-refractivity contribution is 6.30. The fourth-order valence-electron chi connectivity index (χ4n) is 3.09. The smallest absolute Gasteiger partial charge is 0.0406 e. The van der Waals surface area contributed by atoms with Gasteiger partial charge in [-0.2, -0.15) is 0 Å². The Kier molecular flexibility index (Phi) is 5.72. The Bertz CT molecular complexity index is 371. The van der Waals surface area contributed by atoms with Crippen molar-refractivity contribution in [2.24, 2.45) is 11.8 Å². The number of hydrogen-bond acceptors (Lipinski definition) is 1. The minimum atomic E-state index is 0.730. The van der Waals surface area contributed by atoms with Gasteiger partial charge in [-0.1, -0.05) is 50.4 Å². The first-order valence-corrected chi connectivity index (χ1v) is 8.01. The molecule has 1 aliphatic rings. The van der Waals surface area contributed by atoms with Crippen molar-refractivity contribution in [3.05, 3.63) is 34.9 Å². The summed E-state index contributed by atoms with van der Waals surface area (Å²) in [6, 6.07) is 8.94. The van der Waals surface area contributed by atoms with Gasteiger partial charge in [-0.05, 0) is 55.3 Å². The molecule has 0 aliphatic heterocycles. The lowest BCUT2D eigenvalue weighted by Crippen LogP contribution is -2.36. The standard InChI is InChI=1S/C17H26ClN/c1-13(2)15-4-3-5-17(12-15)19-11-10-14-6-8-16(18)9-7-14/h6-9,13,15,17,19H,3-5,10-12H2,1-2H3. The van der Waals surface area contributed by atoms with Crippen molar-refractivity contribution in [2.45, 2.75) is 52.0 Å². The molecule has 0 aromatic heterocycles. The number of hydrogen-bond donors (Lipinski definition) is 1. The van der Waals surface area contributed by atoms with Crippen molar-refractivity contribution in [1.82, 2.24) is 5.32 Å². The van der Waals surface area contributed by atoms with E-state index in [1.165, 1.54) is 31.2 Å². The Morgan fingerprint density at radius 3 is 2.63 bits per heavy atom. The van der Waals surface area contributed by atoms with E-state index in [1.807, 2.05) is 12.1 Å². The molecule has 0 bridgehead atoms. The van der Waals surface area contributed by atoms with Crippen LogP contribution in [0, 0.1) is 11.8 Å². The van der Waals surface area contributed by atoms with Crippen LogP contribution in [0.5, 0.6) is 0 Å². The van der Waals surface area contributed by atoms with Crippen LogP contribution in [0.25, 0.3) is 0 Å². The predicted molar refractivity (Wildman–Crippen MR) is 83.7 cm³/mol. The third-order valence-electron chi connectivity index (χ3n) is 4.42. The van der Waals surface area contributed by atoms with Crippen molar-refractivity contribution >= 4 is 11.6 Å². The Balaban J connectivity index is 1.72. The largest absolute Gasteiger partial charge is 0.314 e. The van der Waals surface area contributed by atoms with E-state index in [4.69, 9.17) is 11.6 Å². The molecule has 1 N–H and O–H groups in total. The summed E-state index contributed by atoms with van der Waals surface area (Å²) in [6.07, 6.45) is 6.62. The van der Waals surface area contributed by atoms with Gasteiger partial charge in [0.25, 0.3) is 0 Å². The van der Waals surface area contributed by atoms with Gasteiger partial charge >= 0.3 is 0 Å². The first-order chi connectivity index (χ1) is 9.15. The van der Waals surface area contributed by atoms with Crippen LogP contribution in [0.4, 0.5) is 0 Å². The van der Waals surface area contributed by atoms with Gasteiger partial charge in [-0.15, -0.1) is 0 Å². The summed E-state index contributed by atoms with van der Waals surface area (Å²) in [7, 11) is 0. The Morgan fingerprint density at radius 2 is 1.95 bits per heavy atom. The summed E-state index contributed by atoms with van der Waals surface area (Å²) >= 11 is 5.90. The molecule has 19 heavy (non-hydrogen) atoms. The van der Waals surface area contributed by atoms with Gasteiger partial charge < -0.3 is 5.32 Å². The van der Waals surface area contributed by atoms with E-state index in [0.29, 0.717) is 0 Å². The summed E-state index contributed by atoms with van der Waals surface area (Å²) < 4.78 is 0. The second-order valence-corrected chi connectivity index (χ2v) is 6.63. The molecule has 0 amide bonds. The average molecular weight is 280 g/mol. The molecular weight excluding hydrogens is 254 g/mol. The zero-order valence-corrected chi connectivity index (χ0v) is 12.9. The zero-order valence-electron chi connectivity index (χ0n) is 12.2. The summed E-state index contributed by atoms with van der Waals surface area (Å²) in [5.41, 5.74) is 1.37. The second-order valence-electron chi connectivity index (χ2n) is 6.20. The molecule has 2 unspecified atom stereocenters. The Morgan fingerprint density at radius 1 is 1.21 bits per heavy atom. The quantitative estimate of drug-likeness (QED) is 0.825. The summed E-state index contributed by atoms with van der Waals surface area (Å²) in [5.74, 6) is 1.75. The number of nitrogens with one attached hydrogen (secondary N) is 1. The van der Waals surface area contributed by atoms with Crippen molar-refractivity contribution in [3.63, 3.8) is 0 Å². The third kappa shape index (κ3) is 4.81. The highest BCUT2D eigenvalue weighted by Crippen LogP contribution is 2.29. The van der Waals surface area contributed by atoms with Crippen LogP contribution >= 0.6 is 11.6 Å². The molecule has 2 rings (SSSR count). The SMILES string of the molecule is CC(C)C1CCCC(NCCc2ccc(Cl)cc2)C1. The van der Waals surface area contributed by atoms with Gasteiger partial charge in [-0.3, -0.25) is 0 Å². The first kappa shape index (κ1) is 14.9. The fourth-order valence-corrected chi connectivity index (χ4v) is 3.22. The van der Waals surface area contributed by atoms with E-state index < -0.39 is 0 Å². The third-order valence-corrected chi connectivity index (χ3v) is 4.67. The Labute approximate surface area is 122 Å². The van der Waals surface area contributed by atoms with Crippen LogP contribution in [0.3, 0.4) is 0 Å². The predicted octanol–water partition coefficient (Wildman–Crippen LogP) is 4.69. The second kappa shape index (κ2) is 7.31. The van der Waals surface area contributed by atoms with Crippen molar-refractivity contribution < 1.29 is 0 Å². The molecule has 106 valence electrons. The van der Waals surface area contributed by atoms with E-state index in [1.54, 1.807) is 0 Å². The lowest BCUT2D eigenvalue weighted by Gasteiger charge is -2.32. The number of halogens is 1. The molecular formula is C17H26ClN. The van der Waals surface area contributed by atoms with Gasteiger partial charge in [0.15, 0.2) is 0 Å². The molecule has 0 radical (unpaired) electrons. The number of benzene rings is 1. The molecule has 1 fully saturated rings. The van der Waals surface area contributed by atoms with E-state index >= 15 is 0 Å². The van der Waals surface area contributed by atoms with Crippen molar-refractivity contribution in [3.8, 4) is 0 Å². The fraction of sp³-hybridized carbons (Fsp3) is 0.647. The summed E-state index contributed by atoms with van der Waals surface area (Å²) in [4.78, 5) is 0. The molecule has 1 aliphatic carbocycles. The molecule has 1 aromatic rings. The lowest BCUT2D eigenvalue weighted by molar-refractivity contribution is 0.232. The average Bonchev–Trinajstić information content (AvgIpc) is 2.41. The molecule has 0 saturated heterocycles. The van der Waals surface area contributed by atoms with Gasteiger partial charge in [-0.25, -0.2) is 0 Å². The van der Waals surface area contributed by atoms with Crippen molar-refractivity contribution in [1.29, 1.82) is 0 Å². The molecule has 1 nitrogen and oxygen atoms in total. The molecule has 2 heteroatoms. The van der Waals surface area contributed by atoms with Crippen LogP contribution < -0.4 is 5.32 Å². The molecule has 1 aromatic carbocycles. The maximum atomic E-state index is 5.90. The highest BCUT2D eigenvalue weighted by Gasteiger charge is 2.23. The maximum Gasteiger partial charge on any atom is 0.0406 e. The van der Waals surface area contributed by atoms with E-state index in [0.717, 1.165) is 35.9 Å². The van der Waals surface area contributed by atoms with Crippen LogP contribution in [-0.4, -0.2) is 12.6 Å². The van der Waals surface area contributed by atoms with E-state index in [2.05, 4.69) is 31.3 Å². The lowest BCUT2D eigenvalue weighted by atomic mass is 9.79. The minimum Gasteiger partial charge on any atom is -0.314 e. The normalized spacial score (nSPS) is 23.8.